The first-order chi connectivity index (χ1) is 9.76. The van der Waals surface area contributed by atoms with E-state index >= 15 is 0 Å². The van der Waals surface area contributed by atoms with E-state index in [9.17, 15) is 23.1 Å². The number of rotatable bonds is 3. The van der Waals surface area contributed by atoms with Gasteiger partial charge in [0.25, 0.3) is 0 Å². The second-order valence-corrected chi connectivity index (χ2v) is 5.21. The molecule has 1 aliphatic rings. The minimum absolute atomic E-state index is 0.205. The zero-order valence-corrected chi connectivity index (χ0v) is 11.2. The summed E-state index contributed by atoms with van der Waals surface area (Å²) in [6, 6.07) is 3.90. The van der Waals surface area contributed by atoms with E-state index in [0.29, 0.717) is 25.7 Å². The Kier molecular flexibility index (Phi) is 4.02. The lowest BCUT2D eigenvalue weighted by molar-refractivity contribution is -0.274. The highest BCUT2D eigenvalue weighted by molar-refractivity contribution is 5.85. The van der Waals surface area contributed by atoms with Gasteiger partial charge < -0.3 is 15.6 Å². The van der Waals surface area contributed by atoms with E-state index in [1.54, 1.807) is 0 Å². The normalized spacial score (nSPS) is 18.2. The summed E-state index contributed by atoms with van der Waals surface area (Å²) in [6.45, 7) is 0. The highest BCUT2D eigenvalue weighted by Crippen LogP contribution is 2.45. The van der Waals surface area contributed by atoms with Gasteiger partial charge in [0.2, 0.25) is 0 Å². The number of para-hydroxylation sites is 1. The molecule has 0 radical (unpaired) electrons. The zero-order chi connectivity index (χ0) is 15.7. The van der Waals surface area contributed by atoms with Crippen molar-refractivity contribution in [3.8, 4) is 5.75 Å². The fraction of sp³-hybridized carbons (Fsp3) is 0.500. The highest BCUT2D eigenvalue weighted by Gasteiger charge is 2.43. The van der Waals surface area contributed by atoms with Crippen LogP contribution >= 0.6 is 0 Å². The molecule has 0 heterocycles. The van der Waals surface area contributed by atoms with Crippen molar-refractivity contribution >= 4 is 11.7 Å². The van der Waals surface area contributed by atoms with E-state index in [1.807, 2.05) is 0 Å². The molecule has 1 saturated carbocycles. The molecule has 0 bridgehead atoms. The maximum absolute atomic E-state index is 12.4. The third-order valence-corrected chi connectivity index (χ3v) is 3.92. The zero-order valence-electron chi connectivity index (χ0n) is 11.2. The van der Waals surface area contributed by atoms with Gasteiger partial charge in [-0.25, -0.2) is 0 Å². The van der Waals surface area contributed by atoms with Crippen LogP contribution in [0.4, 0.5) is 18.9 Å². The Morgan fingerprint density at radius 2 is 1.86 bits per heavy atom. The molecule has 1 aliphatic carbocycles. The third kappa shape index (κ3) is 3.06. The van der Waals surface area contributed by atoms with Crippen molar-refractivity contribution in [2.24, 2.45) is 0 Å². The van der Waals surface area contributed by atoms with E-state index in [4.69, 9.17) is 5.73 Å². The number of anilines is 1. The Morgan fingerprint density at radius 1 is 1.24 bits per heavy atom. The van der Waals surface area contributed by atoms with Gasteiger partial charge in [-0.15, -0.1) is 13.2 Å². The third-order valence-electron chi connectivity index (χ3n) is 3.92. The molecule has 1 aromatic carbocycles. The summed E-state index contributed by atoms with van der Waals surface area (Å²) in [5, 5.41) is 9.57. The predicted octanol–water partition coefficient (Wildman–Crippen LogP) is 3.45. The number of aliphatic carboxylic acids is 1. The maximum Gasteiger partial charge on any atom is 0.573 e. The van der Waals surface area contributed by atoms with Crippen molar-refractivity contribution in [3.05, 3.63) is 23.8 Å². The molecule has 0 spiro atoms. The summed E-state index contributed by atoms with van der Waals surface area (Å²) in [4.78, 5) is 11.7. The quantitative estimate of drug-likeness (QED) is 0.839. The molecule has 0 saturated heterocycles. The van der Waals surface area contributed by atoms with Crippen LogP contribution < -0.4 is 10.5 Å². The van der Waals surface area contributed by atoms with Crippen LogP contribution in [0.15, 0.2) is 18.2 Å². The summed E-state index contributed by atoms with van der Waals surface area (Å²) in [7, 11) is 0. The van der Waals surface area contributed by atoms with Crippen molar-refractivity contribution in [2.45, 2.75) is 43.9 Å². The average molecular weight is 303 g/mol. The Labute approximate surface area is 119 Å². The van der Waals surface area contributed by atoms with Crippen LogP contribution in [0, 0.1) is 0 Å². The van der Waals surface area contributed by atoms with Gasteiger partial charge >= 0.3 is 12.3 Å². The summed E-state index contributed by atoms with van der Waals surface area (Å²) in [6.07, 6.45) is -1.82. The van der Waals surface area contributed by atoms with Gasteiger partial charge in [0, 0.05) is 0 Å². The number of carbonyl (C=O) groups is 1. The number of hydrogen-bond acceptors (Lipinski definition) is 3. The van der Waals surface area contributed by atoms with Crippen LogP contribution in [0.5, 0.6) is 5.75 Å². The van der Waals surface area contributed by atoms with Gasteiger partial charge in [-0.2, -0.15) is 0 Å². The number of nitrogens with two attached hydrogens (primary N) is 1. The Morgan fingerprint density at radius 3 is 2.38 bits per heavy atom. The first-order valence-electron chi connectivity index (χ1n) is 6.64. The average Bonchev–Trinajstić information content (AvgIpc) is 2.40. The summed E-state index contributed by atoms with van der Waals surface area (Å²) in [5.74, 6) is -1.61. The minimum atomic E-state index is -4.87. The molecule has 0 unspecified atom stereocenters. The molecule has 0 amide bonds. The monoisotopic (exact) mass is 303 g/mol. The van der Waals surface area contributed by atoms with Crippen LogP contribution in [0.2, 0.25) is 0 Å². The van der Waals surface area contributed by atoms with Gasteiger partial charge in [-0.3, -0.25) is 4.79 Å². The van der Waals surface area contributed by atoms with Crippen LogP contribution in [0.1, 0.15) is 37.7 Å². The second kappa shape index (κ2) is 5.46. The van der Waals surface area contributed by atoms with Gasteiger partial charge in [-0.05, 0) is 24.5 Å². The Bertz CT molecular complexity index is 537. The van der Waals surface area contributed by atoms with E-state index in [1.165, 1.54) is 12.1 Å². The molecular formula is C14H16F3NO3. The number of carboxylic acids is 1. The summed E-state index contributed by atoms with van der Waals surface area (Å²) >= 11 is 0. The maximum atomic E-state index is 12.4. The van der Waals surface area contributed by atoms with E-state index < -0.39 is 23.5 Å². The number of nitrogen functional groups attached to an aromatic ring is 1. The van der Waals surface area contributed by atoms with Gasteiger partial charge in [0.1, 0.15) is 0 Å². The fourth-order valence-corrected chi connectivity index (χ4v) is 2.93. The summed E-state index contributed by atoms with van der Waals surface area (Å²) < 4.78 is 40.9. The first kappa shape index (κ1) is 15.5. The molecule has 0 aromatic heterocycles. The number of hydrogen-bond donors (Lipinski definition) is 2. The Hall–Kier alpha value is -1.92. The Balaban J connectivity index is 2.47. The van der Waals surface area contributed by atoms with Crippen LogP contribution in [-0.2, 0) is 10.2 Å². The smallest absolute Gasteiger partial charge is 0.481 e. The first-order valence-corrected chi connectivity index (χ1v) is 6.64. The van der Waals surface area contributed by atoms with Crippen molar-refractivity contribution < 1.29 is 27.8 Å². The lowest BCUT2D eigenvalue weighted by Gasteiger charge is -2.34. The number of alkyl halides is 3. The topological polar surface area (TPSA) is 72.5 Å². The standard InChI is InChI=1S/C14H16F3NO3/c15-14(16,17)21-10-6-4-5-9(11(10)18)13(12(19)20)7-2-1-3-8-13/h4-6H,1-3,7-8,18H2,(H,19,20). The van der Waals surface area contributed by atoms with Crippen molar-refractivity contribution in [1.29, 1.82) is 0 Å². The molecule has 4 nitrogen and oxygen atoms in total. The molecule has 1 fully saturated rings. The lowest BCUT2D eigenvalue weighted by atomic mass is 9.69. The molecule has 3 N–H and O–H groups in total. The van der Waals surface area contributed by atoms with Gasteiger partial charge in [0.15, 0.2) is 5.75 Å². The van der Waals surface area contributed by atoms with Crippen molar-refractivity contribution in [3.63, 3.8) is 0 Å². The minimum Gasteiger partial charge on any atom is -0.481 e. The largest absolute Gasteiger partial charge is 0.573 e. The number of benzene rings is 1. The fourth-order valence-electron chi connectivity index (χ4n) is 2.93. The molecular weight excluding hydrogens is 287 g/mol. The lowest BCUT2D eigenvalue weighted by Crippen LogP contribution is -2.38. The number of ether oxygens (including phenoxy) is 1. The second-order valence-electron chi connectivity index (χ2n) is 5.21. The molecule has 21 heavy (non-hydrogen) atoms. The summed E-state index contributed by atoms with van der Waals surface area (Å²) in [5.41, 5.74) is 4.48. The number of halogens is 3. The molecule has 0 atom stereocenters. The van der Waals surface area contributed by atoms with E-state index in [-0.39, 0.29) is 11.3 Å². The predicted molar refractivity (Wildman–Crippen MR) is 69.9 cm³/mol. The van der Waals surface area contributed by atoms with Crippen molar-refractivity contribution in [2.75, 3.05) is 5.73 Å². The van der Waals surface area contributed by atoms with Gasteiger partial charge in [0.05, 0.1) is 11.1 Å². The van der Waals surface area contributed by atoms with E-state index in [2.05, 4.69) is 4.74 Å². The molecule has 2 rings (SSSR count). The van der Waals surface area contributed by atoms with Crippen LogP contribution in [0.25, 0.3) is 0 Å². The number of carboxylic acid groups (broad SMARTS) is 1. The van der Waals surface area contributed by atoms with Crippen molar-refractivity contribution in [1.82, 2.24) is 0 Å². The molecule has 7 heteroatoms. The van der Waals surface area contributed by atoms with Crippen LogP contribution in [-0.4, -0.2) is 17.4 Å². The highest BCUT2D eigenvalue weighted by atomic mass is 19.4. The molecule has 1 aromatic rings. The molecule has 116 valence electrons. The van der Waals surface area contributed by atoms with Crippen LogP contribution in [0.3, 0.4) is 0 Å². The van der Waals surface area contributed by atoms with Gasteiger partial charge in [-0.1, -0.05) is 31.4 Å². The SMILES string of the molecule is Nc1c(OC(F)(F)F)cccc1C1(C(=O)O)CCCCC1. The molecule has 0 aliphatic heterocycles. The van der Waals surface area contributed by atoms with E-state index in [0.717, 1.165) is 12.5 Å².